The van der Waals surface area contributed by atoms with Crippen molar-refractivity contribution >= 4 is 17.5 Å². The van der Waals surface area contributed by atoms with Crippen LogP contribution in [-0.4, -0.2) is 34.4 Å². The second-order valence-corrected chi connectivity index (χ2v) is 7.33. The highest BCUT2D eigenvalue weighted by Crippen LogP contribution is 2.36. The van der Waals surface area contributed by atoms with Gasteiger partial charge in [-0.05, 0) is 42.7 Å². The maximum absolute atomic E-state index is 12.9. The smallest absolute Gasteiger partial charge is 0.255 e. The molecule has 0 saturated heterocycles. The Hall–Kier alpha value is -3.06. The lowest BCUT2D eigenvalue weighted by Crippen LogP contribution is -2.24. The predicted molar refractivity (Wildman–Crippen MR) is 116 cm³/mol. The lowest BCUT2D eigenvalue weighted by Gasteiger charge is -2.14. The van der Waals surface area contributed by atoms with Gasteiger partial charge in [0.15, 0.2) is 17.3 Å². The Bertz CT molecular complexity index is 1020. The zero-order valence-electron chi connectivity index (χ0n) is 17.5. The van der Waals surface area contributed by atoms with Crippen molar-refractivity contribution in [1.29, 1.82) is 0 Å². The van der Waals surface area contributed by atoms with Crippen molar-refractivity contribution in [3.8, 4) is 17.3 Å². The van der Waals surface area contributed by atoms with Crippen molar-refractivity contribution in [1.82, 2.24) is 20.1 Å². The fourth-order valence-electron chi connectivity index (χ4n) is 3.19. The highest BCUT2D eigenvalue weighted by Gasteiger charge is 2.21. The first kappa shape index (κ1) is 21.6. The van der Waals surface area contributed by atoms with Gasteiger partial charge in [0.1, 0.15) is 0 Å². The third kappa shape index (κ3) is 4.57. The minimum atomic E-state index is -0.218. The molecule has 0 bridgehead atoms. The van der Waals surface area contributed by atoms with Gasteiger partial charge in [0.25, 0.3) is 5.91 Å². The number of nitrogens with one attached hydrogen (secondary N) is 1. The molecule has 0 aliphatic carbocycles. The van der Waals surface area contributed by atoms with E-state index in [1.807, 2.05) is 39.0 Å². The van der Waals surface area contributed by atoms with Crippen LogP contribution in [0.15, 0.2) is 42.7 Å². The molecule has 0 fully saturated rings. The largest absolute Gasteiger partial charge is 0.493 e. The summed E-state index contributed by atoms with van der Waals surface area (Å²) in [5.74, 6) is 1.55. The van der Waals surface area contributed by atoms with Gasteiger partial charge in [-0.1, -0.05) is 31.5 Å². The summed E-state index contributed by atoms with van der Waals surface area (Å²) in [6.07, 6.45) is 3.27. The summed E-state index contributed by atoms with van der Waals surface area (Å²) < 4.78 is 12.6. The molecular weight excluding hydrogens is 404 g/mol. The second kappa shape index (κ2) is 9.63. The molecular formula is C22H25ClN4O3. The fourth-order valence-corrected chi connectivity index (χ4v) is 3.48. The van der Waals surface area contributed by atoms with Crippen LogP contribution in [0.3, 0.4) is 0 Å². The van der Waals surface area contributed by atoms with Crippen molar-refractivity contribution in [2.75, 3.05) is 13.7 Å². The van der Waals surface area contributed by atoms with Crippen LogP contribution in [-0.2, 0) is 6.54 Å². The van der Waals surface area contributed by atoms with Crippen LogP contribution in [0.5, 0.6) is 11.5 Å². The number of hydrogen-bond donors (Lipinski definition) is 1. The summed E-state index contributed by atoms with van der Waals surface area (Å²) in [6, 6.07) is 9.14. The van der Waals surface area contributed by atoms with Crippen LogP contribution in [0.4, 0.5) is 0 Å². The van der Waals surface area contributed by atoms with Crippen molar-refractivity contribution in [2.24, 2.45) is 0 Å². The molecule has 0 radical (unpaired) electrons. The Morgan fingerprint density at radius 1 is 1.30 bits per heavy atom. The van der Waals surface area contributed by atoms with E-state index in [1.165, 1.54) is 0 Å². The first-order chi connectivity index (χ1) is 14.5. The highest BCUT2D eigenvalue weighted by atomic mass is 35.5. The van der Waals surface area contributed by atoms with Gasteiger partial charge in [0.2, 0.25) is 0 Å². The number of amides is 1. The van der Waals surface area contributed by atoms with E-state index in [9.17, 15) is 4.79 Å². The molecule has 1 N–H and O–H groups in total. The fraction of sp³-hybridized carbons (Fsp3) is 0.318. The van der Waals surface area contributed by atoms with E-state index >= 15 is 0 Å². The molecule has 7 nitrogen and oxygen atoms in total. The first-order valence-corrected chi connectivity index (χ1v) is 10.1. The molecule has 1 aromatic carbocycles. The van der Waals surface area contributed by atoms with Crippen molar-refractivity contribution in [2.45, 2.75) is 33.2 Å². The Balaban J connectivity index is 1.82. The van der Waals surface area contributed by atoms with E-state index in [0.717, 1.165) is 11.3 Å². The zero-order valence-corrected chi connectivity index (χ0v) is 18.2. The molecule has 0 aliphatic heterocycles. The molecule has 30 heavy (non-hydrogen) atoms. The van der Waals surface area contributed by atoms with Crippen molar-refractivity contribution in [3.63, 3.8) is 0 Å². The minimum absolute atomic E-state index is 0.0790. The summed E-state index contributed by atoms with van der Waals surface area (Å²) in [4.78, 5) is 17.3. The van der Waals surface area contributed by atoms with Crippen LogP contribution in [0.2, 0.25) is 5.02 Å². The lowest BCUT2D eigenvalue weighted by atomic mass is 10.1. The van der Waals surface area contributed by atoms with Crippen LogP contribution < -0.4 is 14.8 Å². The van der Waals surface area contributed by atoms with E-state index in [-0.39, 0.29) is 18.4 Å². The molecule has 0 aliphatic rings. The lowest BCUT2D eigenvalue weighted by molar-refractivity contribution is 0.0949. The monoisotopic (exact) mass is 428 g/mol. The number of aromatic nitrogens is 3. The van der Waals surface area contributed by atoms with Crippen LogP contribution in [0, 0.1) is 0 Å². The third-order valence-corrected chi connectivity index (χ3v) is 4.78. The van der Waals surface area contributed by atoms with Gasteiger partial charge >= 0.3 is 0 Å². The van der Waals surface area contributed by atoms with Crippen molar-refractivity contribution in [3.05, 3.63) is 64.6 Å². The quantitative estimate of drug-likeness (QED) is 0.576. The Morgan fingerprint density at radius 3 is 2.73 bits per heavy atom. The number of nitrogens with zero attached hydrogens (tertiary/aromatic N) is 3. The van der Waals surface area contributed by atoms with Gasteiger partial charge in [-0.25, -0.2) is 9.67 Å². The normalized spacial score (nSPS) is 10.9. The molecule has 0 unspecified atom stereocenters. The SMILES string of the molecule is CCOc1c(Cl)cc(CNC(=O)c2cnn(-c3ccccn3)c2C(C)C)cc1OC. The van der Waals surface area contributed by atoms with Crippen LogP contribution >= 0.6 is 11.6 Å². The van der Waals surface area contributed by atoms with Crippen molar-refractivity contribution < 1.29 is 14.3 Å². The third-order valence-electron chi connectivity index (χ3n) is 4.50. The number of pyridine rings is 1. The second-order valence-electron chi connectivity index (χ2n) is 6.92. The molecule has 3 rings (SSSR count). The summed E-state index contributed by atoms with van der Waals surface area (Å²) in [7, 11) is 1.55. The average molecular weight is 429 g/mol. The number of halogens is 1. The number of carbonyl (C=O) groups excluding carboxylic acids is 1. The first-order valence-electron chi connectivity index (χ1n) is 9.73. The molecule has 3 aromatic rings. The number of carbonyl (C=O) groups is 1. The van der Waals surface area contributed by atoms with Gasteiger partial charge in [-0.15, -0.1) is 0 Å². The van der Waals surface area contributed by atoms with Crippen LogP contribution in [0.1, 0.15) is 48.3 Å². The molecule has 158 valence electrons. The van der Waals surface area contributed by atoms with Gasteiger partial charge < -0.3 is 14.8 Å². The Morgan fingerprint density at radius 2 is 2.10 bits per heavy atom. The maximum Gasteiger partial charge on any atom is 0.255 e. The standard InChI is InChI=1S/C22H25ClN4O3/c1-5-30-21-17(23)10-15(11-18(21)29-4)12-25-22(28)16-13-26-27(20(16)14(2)3)19-8-6-7-9-24-19/h6-11,13-14H,5,12H2,1-4H3,(H,25,28). The summed E-state index contributed by atoms with van der Waals surface area (Å²) >= 11 is 6.32. The van der Waals surface area contributed by atoms with Gasteiger partial charge in [0.05, 0.1) is 36.2 Å². The zero-order chi connectivity index (χ0) is 21.7. The van der Waals surface area contributed by atoms with E-state index in [1.54, 1.807) is 36.3 Å². The number of ether oxygens (including phenoxy) is 2. The molecule has 1 amide bonds. The number of benzene rings is 1. The molecule has 8 heteroatoms. The maximum atomic E-state index is 12.9. The van der Waals surface area contributed by atoms with E-state index < -0.39 is 0 Å². The number of methoxy groups -OCH3 is 1. The molecule has 2 aromatic heterocycles. The average Bonchev–Trinajstić information content (AvgIpc) is 3.20. The molecule has 0 spiro atoms. The topological polar surface area (TPSA) is 78.3 Å². The predicted octanol–water partition coefficient (Wildman–Crippen LogP) is 4.38. The Kier molecular flexibility index (Phi) is 6.95. The van der Waals surface area contributed by atoms with Gasteiger partial charge in [0, 0.05) is 12.7 Å². The number of rotatable bonds is 8. The number of hydrogen-bond acceptors (Lipinski definition) is 5. The van der Waals surface area contributed by atoms with Gasteiger partial charge in [-0.3, -0.25) is 4.79 Å². The van der Waals surface area contributed by atoms with E-state index in [4.69, 9.17) is 21.1 Å². The minimum Gasteiger partial charge on any atom is -0.493 e. The summed E-state index contributed by atoms with van der Waals surface area (Å²) in [5.41, 5.74) is 2.12. The molecule has 0 saturated carbocycles. The Labute approximate surface area is 181 Å². The molecule has 0 atom stereocenters. The summed E-state index contributed by atoms with van der Waals surface area (Å²) in [5, 5.41) is 7.77. The summed E-state index contributed by atoms with van der Waals surface area (Å²) in [6.45, 7) is 6.67. The van der Waals surface area contributed by atoms with E-state index in [0.29, 0.717) is 34.5 Å². The van der Waals surface area contributed by atoms with Crippen LogP contribution in [0.25, 0.3) is 5.82 Å². The molecule has 2 heterocycles. The van der Waals surface area contributed by atoms with Gasteiger partial charge in [-0.2, -0.15) is 5.10 Å². The van der Waals surface area contributed by atoms with E-state index in [2.05, 4.69) is 15.4 Å². The highest BCUT2D eigenvalue weighted by molar-refractivity contribution is 6.32.